The first-order valence-corrected chi connectivity index (χ1v) is 7.84. The van der Waals surface area contributed by atoms with Gasteiger partial charge in [0.05, 0.1) is 6.54 Å². The first-order chi connectivity index (χ1) is 11.0. The van der Waals surface area contributed by atoms with E-state index in [1.165, 1.54) is 0 Å². The van der Waals surface area contributed by atoms with Crippen molar-refractivity contribution in [3.63, 3.8) is 0 Å². The fraction of sp³-hybridized carbons (Fsp3) is 0.176. The van der Waals surface area contributed by atoms with Gasteiger partial charge in [-0.15, -0.1) is 0 Å². The molecule has 0 unspecified atom stereocenters. The van der Waals surface area contributed by atoms with E-state index in [1.807, 2.05) is 31.2 Å². The lowest BCUT2D eigenvalue weighted by atomic mass is 10.2. The highest BCUT2D eigenvalue weighted by molar-refractivity contribution is 9.10. The Morgan fingerprint density at radius 1 is 1.09 bits per heavy atom. The standard InChI is InChI=1S/C17H17BrN2O3/c1-12-5-7-15(8-6-12)23-11-17(22)19-10-16(21)20-14-4-2-3-13(18)9-14/h2-9H,10-11H2,1H3,(H,19,22)(H,20,21). The van der Waals surface area contributed by atoms with E-state index in [2.05, 4.69) is 26.6 Å². The zero-order valence-corrected chi connectivity index (χ0v) is 14.2. The van der Waals surface area contributed by atoms with E-state index >= 15 is 0 Å². The van der Waals surface area contributed by atoms with Crippen molar-refractivity contribution in [2.75, 3.05) is 18.5 Å². The number of halogens is 1. The maximum absolute atomic E-state index is 11.8. The number of anilines is 1. The number of nitrogens with one attached hydrogen (secondary N) is 2. The summed E-state index contributed by atoms with van der Waals surface area (Å²) in [4.78, 5) is 23.4. The minimum Gasteiger partial charge on any atom is -0.484 e. The molecule has 0 fully saturated rings. The summed E-state index contributed by atoms with van der Waals surface area (Å²) in [5, 5.41) is 5.20. The lowest BCUT2D eigenvalue weighted by molar-refractivity contribution is -0.125. The first-order valence-electron chi connectivity index (χ1n) is 7.04. The van der Waals surface area contributed by atoms with E-state index in [9.17, 15) is 9.59 Å². The average molecular weight is 377 g/mol. The molecule has 0 bridgehead atoms. The van der Waals surface area contributed by atoms with Crippen LogP contribution in [0.3, 0.4) is 0 Å². The second kappa shape index (κ2) is 8.33. The molecule has 120 valence electrons. The van der Waals surface area contributed by atoms with E-state index in [-0.39, 0.29) is 25.0 Å². The normalized spacial score (nSPS) is 10.0. The molecule has 2 aromatic carbocycles. The molecule has 23 heavy (non-hydrogen) atoms. The maximum Gasteiger partial charge on any atom is 0.258 e. The van der Waals surface area contributed by atoms with Crippen molar-refractivity contribution in [2.24, 2.45) is 0 Å². The molecule has 6 heteroatoms. The number of aryl methyl sites for hydroxylation is 1. The smallest absolute Gasteiger partial charge is 0.258 e. The van der Waals surface area contributed by atoms with Gasteiger partial charge in [0.2, 0.25) is 5.91 Å². The summed E-state index contributed by atoms with van der Waals surface area (Å²) in [6.45, 7) is 1.73. The molecule has 0 saturated heterocycles. The Kier molecular flexibility index (Phi) is 6.17. The molecule has 0 heterocycles. The molecule has 0 aromatic heterocycles. The summed E-state index contributed by atoms with van der Waals surface area (Å²) in [6, 6.07) is 14.6. The van der Waals surface area contributed by atoms with E-state index in [0.29, 0.717) is 11.4 Å². The lowest BCUT2D eigenvalue weighted by Gasteiger charge is -2.08. The predicted octanol–water partition coefficient (Wildman–Crippen LogP) is 2.89. The van der Waals surface area contributed by atoms with Crippen LogP contribution < -0.4 is 15.4 Å². The molecule has 2 aromatic rings. The van der Waals surface area contributed by atoms with Gasteiger partial charge >= 0.3 is 0 Å². The molecule has 2 N–H and O–H groups in total. The second-order valence-electron chi connectivity index (χ2n) is 4.94. The van der Waals surface area contributed by atoms with Gasteiger partial charge in [-0.05, 0) is 37.3 Å². The van der Waals surface area contributed by atoms with E-state index < -0.39 is 0 Å². The molecule has 0 saturated carbocycles. The number of hydrogen-bond donors (Lipinski definition) is 2. The molecule has 0 atom stereocenters. The molecule has 2 amide bonds. The quantitative estimate of drug-likeness (QED) is 0.814. The summed E-state index contributed by atoms with van der Waals surface area (Å²) in [5.41, 5.74) is 1.78. The van der Waals surface area contributed by atoms with Crippen LogP contribution in [-0.2, 0) is 9.59 Å². The summed E-state index contributed by atoms with van der Waals surface area (Å²) >= 11 is 3.32. The van der Waals surface area contributed by atoms with Gasteiger partial charge in [0.15, 0.2) is 6.61 Å². The number of ether oxygens (including phenoxy) is 1. The maximum atomic E-state index is 11.8. The highest BCUT2D eigenvalue weighted by Gasteiger charge is 2.07. The Morgan fingerprint density at radius 2 is 1.83 bits per heavy atom. The van der Waals surface area contributed by atoms with Gasteiger partial charge in [-0.3, -0.25) is 9.59 Å². The van der Waals surface area contributed by atoms with Crippen molar-refractivity contribution in [3.8, 4) is 5.75 Å². The highest BCUT2D eigenvalue weighted by Crippen LogP contribution is 2.15. The molecular formula is C17H17BrN2O3. The second-order valence-corrected chi connectivity index (χ2v) is 5.85. The average Bonchev–Trinajstić information content (AvgIpc) is 2.52. The summed E-state index contributed by atoms with van der Waals surface area (Å²) < 4.78 is 6.21. The van der Waals surface area contributed by atoms with Crippen LogP contribution in [0, 0.1) is 6.92 Å². The highest BCUT2D eigenvalue weighted by atomic mass is 79.9. The van der Waals surface area contributed by atoms with Crippen molar-refractivity contribution in [2.45, 2.75) is 6.92 Å². The lowest BCUT2D eigenvalue weighted by Crippen LogP contribution is -2.35. The van der Waals surface area contributed by atoms with Crippen molar-refractivity contribution < 1.29 is 14.3 Å². The number of carbonyl (C=O) groups is 2. The van der Waals surface area contributed by atoms with Crippen LogP contribution in [-0.4, -0.2) is 25.0 Å². The Hall–Kier alpha value is -2.34. The third kappa shape index (κ3) is 6.12. The van der Waals surface area contributed by atoms with Gasteiger partial charge in [0.1, 0.15) is 5.75 Å². The number of amides is 2. The Labute approximate surface area is 143 Å². The van der Waals surface area contributed by atoms with E-state index in [4.69, 9.17) is 4.74 Å². The van der Waals surface area contributed by atoms with Gasteiger partial charge in [-0.2, -0.15) is 0 Å². The monoisotopic (exact) mass is 376 g/mol. The Balaban J connectivity index is 1.71. The molecule has 0 spiro atoms. The first kappa shape index (κ1) is 17.0. The van der Waals surface area contributed by atoms with Crippen molar-refractivity contribution in [1.82, 2.24) is 5.32 Å². The van der Waals surface area contributed by atoms with Gasteiger partial charge in [-0.1, -0.05) is 39.7 Å². The zero-order valence-electron chi connectivity index (χ0n) is 12.6. The Bertz CT molecular complexity index is 686. The fourth-order valence-electron chi connectivity index (χ4n) is 1.78. The van der Waals surface area contributed by atoms with Crippen LogP contribution in [0.1, 0.15) is 5.56 Å². The summed E-state index contributed by atoms with van der Waals surface area (Å²) in [7, 11) is 0. The van der Waals surface area contributed by atoms with Crippen LogP contribution in [0.2, 0.25) is 0 Å². The summed E-state index contributed by atoms with van der Waals surface area (Å²) in [6.07, 6.45) is 0. The third-order valence-corrected chi connectivity index (χ3v) is 3.44. The fourth-order valence-corrected chi connectivity index (χ4v) is 2.18. The molecular weight excluding hydrogens is 360 g/mol. The molecule has 0 aliphatic carbocycles. The summed E-state index contributed by atoms with van der Waals surface area (Å²) in [5.74, 6) is -0.0360. The van der Waals surface area contributed by atoms with Gasteiger partial charge in [0, 0.05) is 10.2 Å². The van der Waals surface area contributed by atoms with Crippen LogP contribution in [0.4, 0.5) is 5.69 Å². The van der Waals surface area contributed by atoms with Gasteiger partial charge in [0.25, 0.3) is 5.91 Å². The van der Waals surface area contributed by atoms with Gasteiger partial charge < -0.3 is 15.4 Å². The molecule has 0 aliphatic rings. The minimum absolute atomic E-state index is 0.109. The van der Waals surface area contributed by atoms with Crippen LogP contribution >= 0.6 is 15.9 Å². The zero-order chi connectivity index (χ0) is 16.7. The SMILES string of the molecule is Cc1ccc(OCC(=O)NCC(=O)Nc2cccc(Br)c2)cc1. The topological polar surface area (TPSA) is 67.4 Å². The molecule has 0 radical (unpaired) electrons. The molecule has 5 nitrogen and oxygen atoms in total. The number of benzene rings is 2. The van der Waals surface area contributed by atoms with E-state index in [0.717, 1.165) is 10.0 Å². The number of carbonyl (C=O) groups excluding carboxylic acids is 2. The van der Waals surface area contributed by atoms with Crippen LogP contribution in [0.5, 0.6) is 5.75 Å². The molecule has 2 rings (SSSR count). The van der Waals surface area contributed by atoms with E-state index in [1.54, 1.807) is 24.3 Å². The van der Waals surface area contributed by atoms with Crippen molar-refractivity contribution in [3.05, 3.63) is 58.6 Å². The van der Waals surface area contributed by atoms with Crippen molar-refractivity contribution >= 4 is 33.4 Å². The van der Waals surface area contributed by atoms with Crippen LogP contribution in [0.15, 0.2) is 53.0 Å². The van der Waals surface area contributed by atoms with Gasteiger partial charge in [-0.25, -0.2) is 0 Å². The number of hydrogen-bond acceptors (Lipinski definition) is 3. The van der Waals surface area contributed by atoms with Crippen molar-refractivity contribution in [1.29, 1.82) is 0 Å². The number of rotatable bonds is 6. The molecule has 0 aliphatic heterocycles. The Morgan fingerprint density at radius 3 is 2.52 bits per heavy atom. The largest absolute Gasteiger partial charge is 0.484 e. The predicted molar refractivity (Wildman–Crippen MR) is 92.5 cm³/mol. The van der Waals surface area contributed by atoms with Crippen LogP contribution in [0.25, 0.3) is 0 Å². The third-order valence-electron chi connectivity index (χ3n) is 2.95. The minimum atomic E-state index is -0.352.